The van der Waals surface area contributed by atoms with Crippen molar-refractivity contribution in [3.63, 3.8) is 0 Å². The number of likely N-dealkylation sites (tertiary alicyclic amines) is 1. The molecule has 3 amide bonds. The number of aromatic nitrogens is 1. The number of hydrogen-bond acceptors (Lipinski definition) is 3. The largest absolute Gasteiger partial charge is 0.356 e. The molecule has 2 saturated heterocycles. The van der Waals surface area contributed by atoms with E-state index >= 15 is 0 Å². The average molecular weight is 316 g/mol. The van der Waals surface area contributed by atoms with Crippen molar-refractivity contribution < 1.29 is 9.59 Å². The minimum atomic E-state index is -0.0205. The Morgan fingerprint density at radius 2 is 2.26 bits per heavy atom. The molecule has 0 aliphatic carbocycles. The first-order valence-corrected chi connectivity index (χ1v) is 8.34. The Morgan fingerprint density at radius 1 is 1.48 bits per heavy atom. The summed E-state index contributed by atoms with van der Waals surface area (Å²) in [6.45, 7) is 4.24. The maximum atomic E-state index is 12.5. The quantitative estimate of drug-likeness (QED) is 0.893. The van der Waals surface area contributed by atoms with Gasteiger partial charge in [-0.1, -0.05) is 13.0 Å². The van der Waals surface area contributed by atoms with Gasteiger partial charge in [-0.05, 0) is 36.3 Å². The van der Waals surface area contributed by atoms with Crippen LogP contribution in [0.15, 0.2) is 24.5 Å². The molecule has 2 N–H and O–H groups in total. The summed E-state index contributed by atoms with van der Waals surface area (Å²) < 4.78 is 0. The fraction of sp³-hybridized carbons (Fsp3) is 0.588. The SMILES string of the molecule is CC[C@@H](NC(=O)N1CCC2(CC1)CNC(=O)C2)c1cccnc1. The summed E-state index contributed by atoms with van der Waals surface area (Å²) in [7, 11) is 0. The standard InChI is InChI=1S/C17H24N4O2/c1-2-14(13-4-3-7-18-11-13)20-16(23)21-8-5-17(6-9-21)10-15(22)19-12-17/h3-4,7,11,14H,2,5-6,8-10,12H2,1H3,(H,19,22)(H,20,23)/t14-/m1/s1. The Bertz CT molecular complexity index is 567. The van der Waals surface area contributed by atoms with E-state index < -0.39 is 0 Å². The molecular formula is C17H24N4O2. The minimum Gasteiger partial charge on any atom is -0.356 e. The highest BCUT2D eigenvalue weighted by Crippen LogP contribution is 2.37. The third kappa shape index (κ3) is 3.46. The van der Waals surface area contributed by atoms with Crippen LogP contribution in [0.4, 0.5) is 4.79 Å². The molecule has 3 heterocycles. The van der Waals surface area contributed by atoms with Gasteiger partial charge in [0.25, 0.3) is 0 Å². The van der Waals surface area contributed by atoms with Crippen molar-refractivity contribution in [3.8, 4) is 0 Å². The number of piperidine rings is 1. The van der Waals surface area contributed by atoms with Crippen molar-refractivity contribution in [2.75, 3.05) is 19.6 Å². The number of urea groups is 1. The third-order valence-corrected chi connectivity index (χ3v) is 5.10. The molecule has 6 heteroatoms. The lowest BCUT2D eigenvalue weighted by atomic mass is 9.78. The van der Waals surface area contributed by atoms with Crippen molar-refractivity contribution in [1.82, 2.24) is 20.5 Å². The highest BCUT2D eigenvalue weighted by Gasteiger charge is 2.41. The van der Waals surface area contributed by atoms with Crippen molar-refractivity contribution in [2.45, 2.75) is 38.6 Å². The third-order valence-electron chi connectivity index (χ3n) is 5.10. The molecule has 23 heavy (non-hydrogen) atoms. The topological polar surface area (TPSA) is 74.3 Å². The van der Waals surface area contributed by atoms with E-state index in [-0.39, 0.29) is 23.4 Å². The summed E-state index contributed by atoms with van der Waals surface area (Å²) in [4.78, 5) is 30.0. The number of amides is 3. The molecule has 3 rings (SSSR count). The van der Waals surface area contributed by atoms with Crippen LogP contribution in [0, 0.1) is 5.41 Å². The molecule has 1 atom stereocenters. The second-order valence-electron chi connectivity index (χ2n) is 6.64. The molecule has 2 aliphatic rings. The van der Waals surface area contributed by atoms with Crippen LogP contribution in [0.2, 0.25) is 0 Å². The molecule has 2 aliphatic heterocycles. The molecule has 1 spiro atoms. The van der Waals surface area contributed by atoms with Gasteiger partial charge >= 0.3 is 6.03 Å². The maximum Gasteiger partial charge on any atom is 0.317 e. The van der Waals surface area contributed by atoms with E-state index in [2.05, 4.69) is 22.5 Å². The van der Waals surface area contributed by atoms with Crippen LogP contribution in [0.5, 0.6) is 0 Å². The summed E-state index contributed by atoms with van der Waals surface area (Å²) in [6, 6.07) is 3.84. The van der Waals surface area contributed by atoms with E-state index in [9.17, 15) is 9.59 Å². The lowest BCUT2D eigenvalue weighted by Gasteiger charge is -2.38. The fourth-order valence-corrected chi connectivity index (χ4v) is 3.53. The van der Waals surface area contributed by atoms with Crippen LogP contribution < -0.4 is 10.6 Å². The van der Waals surface area contributed by atoms with Crippen molar-refractivity contribution in [2.24, 2.45) is 5.41 Å². The first-order valence-electron chi connectivity index (χ1n) is 8.34. The number of carbonyl (C=O) groups is 2. The zero-order chi connectivity index (χ0) is 16.3. The zero-order valence-electron chi connectivity index (χ0n) is 13.5. The number of pyridine rings is 1. The summed E-state index contributed by atoms with van der Waals surface area (Å²) in [5.74, 6) is 0.144. The molecule has 124 valence electrons. The Morgan fingerprint density at radius 3 is 2.83 bits per heavy atom. The van der Waals surface area contributed by atoms with Crippen LogP contribution in [0.1, 0.15) is 44.2 Å². The summed E-state index contributed by atoms with van der Waals surface area (Å²) in [6.07, 6.45) is 6.75. The molecule has 0 unspecified atom stereocenters. The van der Waals surface area contributed by atoms with E-state index in [0.29, 0.717) is 19.5 Å². The zero-order valence-corrected chi connectivity index (χ0v) is 13.5. The smallest absolute Gasteiger partial charge is 0.317 e. The lowest BCUT2D eigenvalue weighted by Crippen LogP contribution is -2.48. The number of rotatable bonds is 3. The monoisotopic (exact) mass is 316 g/mol. The number of nitrogens with one attached hydrogen (secondary N) is 2. The van der Waals surface area contributed by atoms with Crippen molar-refractivity contribution in [1.29, 1.82) is 0 Å². The second kappa shape index (κ2) is 6.56. The van der Waals surface area contributed by atoms with Gasteiger partial charge in [0.15, 0.2) is 0 Å². The molecule has 0 radical (unpaired) electrons. The van der Waals surface area contributed by atoms with Crippen LogP contribution >= 0.6 is 0 Å². The summed E-state index contributed by atoms with van der Waals surface area (Å²) >= 11 is 0. The first kappa shape index (κ1) is 15.8. The van der Waals surface area contributed by atoms with Crippen LogP contribution in [-0.2, 0) is 4.79 Å². The minimum absolute atomic E-state index is 0.0122. The van der Waals surface area contributed by atoms with Gasteiger partial charge in [-0.15, -0.1) is 0 Å². The molecule has 0 saturated carbocycles. The highest BCUT2D eigenvalue weighted by atomic mass is 16.2. The van der Waals surface area contributed by atoms with Crippen molar-refractivity contribution >= 4 is 11.9 Å². The molecule has 2 fully saturated rings. The van der Waals surface area contributed by atoms with Gasteiger partial charge in [-0.2, -0.15) is 0 Å². The predicted molar refractivity (Wildman–Crippen MR) is 86.7 cm³/mol. The van der Waals surface area contributed by atoms with E-state index in [0.717, 1.165) is 31.4 Å². The van der Waals surface area contributed by atoms with E-state index in [1.807, 2.05) is 17.0 Å². The first-order chi connectivity index (χ1) is 11.1. The Kier molecular flexibility index (Phi) is 4.50. The van der Waals surface area contributed by atoms with Crippen LogP contribution in [0.25, 0.3) is 0 Å². The second-order valence-corrected chi connectivity index (χ2v) is 6.64. The van der Waals surface area contributed by atoms with Crippen molar-refractivity contribution in [3.05, 3.63) is 30.1 Å². The van der Waals surface area contributed by atoms with E-state index in [1.54, 1.807) is 12.4 Å². The number of carbonyl (C=O) groups excluding carboxylic acids is 2. The Hall–Kier alpha value is -2.11. The molecule has 0 aromatic carbocycles. The van der Waals surface area contributed by atoms with Gasteiger partial charge < -0.3 is 15.5 Å². The van der Waals surface area contributed by atoms with Gasteiger partial charge in [0.1, 0.15) is 0 Å². The van der Waals surface area contributed by atoms with Gasteiger partial charge in [0, 0.05) is 38.4 Å². The highest BCUT2D eigenvalue weighted by molar-refractivity contribution is 5.79. The van der Waals surface area contributed by atoms with Gasteiger partial charge in [0.05, 0.1) is 6.04 Å². The average Bonchev–Trinajstić information content (AvgIpc) is 2.94. The fourth-order valence-electron chi connectivity index (χ4n) is 3.53. The van der Waals surface area contributed by atoms with E-state index in [4.69, 9.17) is 0 Å². The Labute approximate surface area is 136 Å². The predicted octanol–water partition coefficient (Wildman–Crippen LogP) is 1.84. The van der Waals surface area contributed by atoms with Gasteiger partial charge in [-0.3, -0.25) is 9.78 Å². The number of hydrogen-bond donors (Lipinski definition) is 2. The normalized spacial score (nSPS) is 21.1. The maximum absolute atomic E-state index is 12.5. The van der Waals surface area contributed by atoms with E-state index in [1.165, 1.54) is 0 Å². The lowest BCUT2D eigenvalue weighted by molar-refractivity contribution is -0.119. The summed E-state index contributed by atoms with van der Waals surface area (Å²) in [5.41, 5.74) is 1.10. The molecule has 6 nitrogen and oxygen atoms in total. The van der Waals surface area contributed by atoms with Gasteiger partial charge in [0.2, 0.25) is 5.91 Å². The molecule has 0 bridgehead atoms. The van der Waals surface area contributed by atoms with Crippen LogP contribution in [0.3, 0.4) is 0 Å². The van der Waals surface area contributed by atoms with Crippen LogP contribution in [-0.4, -0.2) is 41.5 Å². The molecule has 1 aromatic rings. The number of nitrogens with zero attached hydrogens (tertiary/aromatic N) is 2. The summed E-state index contributed by atoms with van der Waals surface area (Å²) in [5, 5.41) is 6.03. The molecular weight excluding hydrogens is 292 g/mol. The Balaban J connectivity index is 1.56. The van der Waals surface area contributed by atoms with Gasteiger partial charge in [-0.25, -0.2) is 4.79 Å². The molecule has 1 aromatic heterocycles.